The lowest BCUT2D eigenvalue weighted by Gasteiger charge is -2.12. The van der Waals surface area contributed by atoms with Gasteiger partial charge in [-0.15, -0.1) is 0 Å². The highest BCUT2D eigenvalue weighted by Gasteiger charge is 2.13. The highest BCUT2D eigenvalue weighted by Crippen LogP contribution is 2.28. The molecule has 2 N–H and O–H groups in total. The van der Waals surface area contributed by atoms with Crippen molar-refractivity contribution in [3.05, 3.63) is 53.7 Å². The maximum absolute atomic E-state index is 12.7. The van der Waals surface area contributed by atoms with Crippen LogP contribution in [0.4, 0.5) is 5.69 Å². The molecular weight excluding hydrogens is 384 g/mol. The minimum Gasteiger partial charge on any atom is -0.493 e. The average molecular weight is 412 g/mol. The first kappa shape index (κ1) is 22.8. The van der Waals surface area contributed by atoms with E-state index in [1.54, 1.807) is 55.7 Å². The summed E-state index contributed by atoms with van der Waals surface area (Å²) in [6.45, 7) is 6.11. The standard InChI is InChI=1S/C23H28N2O5/c1-15(2)14-30-19-9-7-18(8-10-19)25-23(27)20(24-16(3)26)12-17-6-11-21(28-4)22(13-17)29-5/h6-13,15H,14H2,1-5H3,(H,24,26)(H,25,27). The van der Waals surface area contributed by atoms with Gasteiger partial charge in [-0.3, -0.25) is 9.59 Å². The molecule has 0 bridgehead atoms. The van der Waals surface area contributed by atoms with Crippen LogP contribution in [-0.2, 0) is 9.59 Å². The number of rotatable bonds is 9. The number of ether oxygens (including phenoxy) is 3. The first-order chi connectivity index (χ1) is 14.3. The van der Waals surface area contributed by atoms with Gasteiger partial charge in [-0.1, -0.05) is 19.9 Å². The summed E-state index contributed by atoms with van der Waals surface area (Å²) in [5.41, 5.74) is 1.36. The molecule has 2 aromatic rings. The van der Waals surface area contributed by atoms with Gasteiger partial charge in [0, 0.05) is 12.6 Å². The van der Waals surface area contributed by atoms with E-state index in [9.17, 15) is 9.59 Å². The molecule has 7 nitrogen and oxygen atoms in total. The van der Waals surface area contributed by atoms with Crippen LogP contribution in [0, 0.1) is 5.92 Å². The second kappa shape index (κ2) is 10.9. The summed E-state index contributed by atoms with van der Waals surface area (Å²) in [4.78, 5) is 24.4. The van der Waals surface area contributed by atoms with Crippen molar-refractivity contribution >= 4 is 23.6 Å². The number of carbonyl (C=O) groups excluding carboxylic acids is 2. The van der Waals surface area contributed by atoms with Crippen LogP contribution in [0.1, 0.15) is 26.3 Å². The van der Waals surface area contributed by atoms with E-state index in [0.717, 1.165) is 5.75 Å². The first-order valence-corrected chi connectivity index (χ1v) is 9.58. The van der Waals surface area contributed by atoms with Gasteiger partial charge in [0.2, 0.25) is 5.91 Å². The molecule has 0 atom stereocenters. The number of methoxy groups -OCH3 is 2. The lowest BCUT2D eigenvalue weighted by atomic mass is 10.1. The van der Waals surface area contributed by atoms with Gasteiger partial charge in [0.05, 0.1) is 20.8 Å². The van der Waals surface area contributed by atoms with Crippen LogP contribution in [0.25, 0.3) is 6.08 Å². The fourth-order valence-electron chi connectivity index (χ4n) is 2.55. The minimum absolute atomic E-state index is 0.106. The summed E-state index contributed by atoms with van der Waals surface area (Å²) in [5.74, 6) is 1.44. The van der Waals surface area contributed by atoms with Gasteiger partial charge < -0.3 is 24.8 Å². The molecule has 0 aromatic heterocycles. The molecule has 0 aliphatic heterocycles. The Morgan fingerprint density at radius 1 is 1.00 bits per heavy atom. The van der Waals surface area contributed by atoms with Crippen LogP contribution in [0.15, 0.2) is 48.2 Å². The number of hydrogen-bond acceptors (Lipinski definition) is 5. The lowest BCUT2D eigenvalue weighted by molar-refractivity contribution is -0.120. The Morgan fingerprint density at radius 3 is 2.23 bits per heavy atom. The second-order valence-electron chi connectivity index (χ2n) is 7.04. The third-order valence-corrected chi connectivity index (χ3v) is 3.97. The second-order valence-corrected chi connectivity index (χ2v) is 7.04. The van der Waals surface area contributed by atoms with Crippen molar-refractivity contribution in [3.63, 3.8) is 0 Å². The number of amides is 2. The Morgan fingerprint density at radius 2 is 1.67 bits per heavy atom. The predicted molar refractivity (Wildman–Crippen MR) is 117 cm³/mol. The summed E-state index contributed by atoms with van der Waals surface area (Å²) >= 11 is 0. The molecule has 0 heterocycles. The molecule has 0 unspecified atom stereocenters. The molecule has 30 heavy (non-hydrogen) atoms. The molecule has 2 aromatic carbocycles. The van der Waals surface area contributed by atoms with Gasteiger partial charge >= 0.3 is 0 Å². The minimum atomic E-state index is -0.448. The Bertz CT molecular complexity index is 904. The fraction of sp³-hybridized carbons (Fsp3) is 0.304. The van der Waals surface area contributed by atoms with Crippen molar-refractivity contribution in [2.45, 2.75) is 20.8 Å². The lowest BCUT2D eigenvalue weighted by Crippen LogP contribution is -2.28. The zero-order chi connectivity index (χ0) is 22.1. The van der Waals surface area contributed by atoms with Crippen molar-refractivity contribution in [2.24, 2.45) is 5.92 Å². The fourth-order valence-corrected chi connectivity index (χ4v) is 2.55. The van der Waals surface area contributed by atoms with Gasteiger partial charge in [-0.25, -0.2) is 0 Å². The van der Waals surface area contributed by atoms with Crippen LogP contribution in [0.5, 0.6) is 17.2 Å². The molecule has 0 aliphatic rings. The van der Waals surface area contributed by atoms with Crippen molar-refractivity contribution in [3.8, 4) is 17.2 Å². The summed E-state index contributed by atoms with van der Waals surface area (Å²) in [5, 5.41) is 5.35. The van der Waals surface area contributed by atoms with Gasteiger partial charge in [0.25, 0.3) is 5.91 Å². The number of benzene rings is 2. The maximum atomic E-state index is 12.7. The van der Waals surface area contributed by atoms with E-state index in [-0.39, 0.29) is 11.6 Å². The molecule has 0 radical (unpaired) electrons. The Hall–Kier alpha value is -3.48. The number of anilines is 1. The topological polar surface area (TPSA) is 85.9 Å². The van der Waals surface area contributed by atoms with Crippen LogP contribution >= 0.6 is 0 Å². The van der Waals surface area contributed by atoms with Crippen LogP contribution in [0.3, 0.4) is 0 Å². The van der Waals surface area contributed by atoms with Crippen molar-refractivity contribution in [1.82, 2.24) is 5.32 Å². The molecule has 7 heteroatoms. The van der Waals surface area contributed by atoms with Gasteiger partial charge in [-0.2, -0.15) is 0 Å². The predicted octanol–water partition coefficient (Wildman–Crippen LogP) is 3.85. The van der Waals surface area contributed by atoms with Gasteiger partial charge in [0.15, 0.2) is 11.5 Å². The van der Waals surface area contributed by atoms with Crippen LogP contribution in [0.2, 0.25) is 0 Å². The number of carbonyl (C=O) groups is 2. The summed E-state index contributed by atoms with van der Waals surface area (Å²) in [7, 11) is 3.07. The monoisotopic (exact) mass is 412 g/mol. The summed E-state index contributed by atoms with van der Waals surface area (Å²) in [6.07, 6.45) is 1.57. The summed E-state index contributed by atoms with van der Waals surface area (Å²) < 4.78 is 16.2. The van der Waals surface area contributed by atoms with Gasteiger partial charge in [-0.05, 0) is 54.0 Å². The van der Waals surface area contributed by atoms with Crippen LogP contribution in [-0.4, -0.2) is 32.6 Å². The van der Waals surface area contributed by atoms with E-state index in [1.807, 2.05) is 0 Å². The molecule has 2 rings (SSSR count). The Balaban J connectivity index is 2.19. The first-order valence-electron chi connectivity index (χ1n) is 9.58. The zero-order valence-corrected chi connectivity index (χ0v) is 17.9. The van der Waals surface area contributed by atoms with Crippen molar-refractivity contribution < 1.29 is 23.8 Å². The molecule has 0 saturated heterocycles. The highest BCUT2D eigenvalue weighted by atomic mass is 16.5. The van der Waals surface area contributed by atoms with E-state index in [0.29, 0.717) is 35.3 Å². The average Bonchev–Trinajstić information content (AvgIpc) is 2.72. The Labute approximate surface area is 177 Å². The van der Waals surface area contributed by atoms with Crippen molar-refractivity contribution in [2.75, 3.05) is 26.1 Å². The number of nitrogens with one attached hydrogen (secondary N) is 2. The zero-order valence-electron chi connectivity index (χ0n) is 17.9. The third kappa shape index (κ3) is 6.84. The normalized spacial score (nSPS) is 11.1. The van der Waals surface area contributed by atoms with E-state index in [1.165, 1.54) is 14.0 Å². The molecule has 0 aliphatic carbocycles. The van der Waals surface area contributed by atoms with E-state index in [4.69, 9.17) is 14.2 Å². The quantitative estimate of drug-likeness (QED) is 0.611. The Kier molecular flexibility index (Phi) is 8.29. The molecule has 2 amide bonds. The maximum Gasteiger partial charge on any atom is 0.272 e. The summed E-state index contributed by atoms with van der Waals surface area (Å²) in [6, 6.07) is 12.3. The molecule has 0 fully saturated rings. The number of hydrogen-bond donors (Lipinski definition) is 2. The SMILES string of the molecule is COc1ccc(C=C(NC(C)=O)C(=O)Nc2ccc(OCC(C)C)cc2)cc1OC. The van der Waals surface area contributed by atoms with E-state index in [2.05, 4.69) is 24.5 Å². The molecule has 160 valence electrons. The van der Waals surface area contributed by atoms with E-state index >= 15 is 0 Å². The van der Waals surface area contributed by atoms with Gasteiger partial charge in [0.1, 0.15) is 11.4 Å². The largest absolute Gasteiger partial charge is 0.493 e. The smallest absolute Gasteiger partial charge is 0.272 e. The van der Waals surface area contributed by atoms with E-state index < -0.39 is 5.91 Å². The third-order valence-electron chi connectivity index (χ3n) is 3.97. The molecule has 0 saturated carbocycles. The van der Waals surface area contributed by atoms with Crippen molar-refractivity contribution in [1.29, 1.82) is 0 Å². The molecule has 0 spiro atoms. The molecular formula is C23H28N2O5. The van der Waals surface area contributed by atoms with Crippen LogP contribution < -0.4 is 24.8 Å². The highest BCUT2D eigenvalue weighted by molar-refractivity contribution is 6.08.